The number of benzene rings is 1. The lowest BCUT2D eigenvalue weighted by Gasteiger charge is -2.25. The number of aromatic nitrogens is 1. The normalized spacial score (nSPS) is 12.0. The first-order valence-electron chi connectivity index (χ1n) is 6.56. The quantitative estimate of drug-likeness (QED) is 0.778. The zero-order chi connectivity index (χ0) is 15.6. The smallest absolute Gasteiger partial charge is 0.274 e. The van der Waals surface area contributed by atoms with Gasteiger partial charge in [-0.05, 0) is 31.5 Å². The van der Waals surface area contributed by atoms with Crippen LogP contribution in [0.3, 0.4) is 0 Å². The first-order chi connectivity index (χ1) is 9.90. The molecule has 110 valence electrons. The molecule has 0 saturated carbocycles. The molecule has 1 unspecified atom stereocenters. The summed E-state index contributed by atoms with van der Waals surface area (Å²) < 4.78 is 0. The van der Waals surface area contributed by atoms with Crippen molar-refractivity contribution in [2.24, 2.45) is 0 Å². The van der Waals surface area contributed by atoms with Crippen LogP contribution in [0.25, 0.3) is 0 Å². The van der Waals surface area contributed by atoms with Crippen molar-refractivity contribution in [2.45, 2.75) is 19.9 Å². The number of carbonyl (C=O) groups excluding carboxylic acids is 1. The van der Waals surface area contributed by atoms with Gasteiger partial charge in [-0.15, -0.1) is 0 Å². The van der Waals surface area contributed by atoms with Gasteiger partial charge in [0.2, 0.25) is 0 Å². The second kappa shape index (κ2) is 6.46. The van der Waals surface area contributed by atoms with Crippen LogP contribution in [0.1, 0.15) is 34.6 Å². The van der Waals surface area contributed by atoms with Crippen LogP contribution < -0.4 is 0 Å². The third kappa shape index (κ3) is 3.55. The molecule has 1 aromatic carbocycles. The Morgan fingerprint density at radius 1 is 1.14 bits per heavy atom. The lowest BCUT2D eigenvalue weighted by Crippen LogP contribution is -2.30. The van der Waals surface area contributed by atoms with E-state index in [0.717, 1.165) is 5.56 Å². The number of halogens is 2. The molecule has 1 aromatic heterocycles. The van der Waals surface area contributed by atoms with E-state index < -0.39 is 0 Å². The average Bonchev–Trinajstić information content (AvgIpc) is 2.48. The number of amides is 1. The Bertz CT molecular complexity index is 656. The summed E-state index contributed by atoms with van der Waals surface area (Å²) in [6.45, 7) is 3.99. The molecular weight excluding hydrogens is 307 g/mol. The standard InChI is InChI=1S/C16H16Cl2N2O/c1-10-4-6-12(7-5-10)11(2)20(3)16(21)15-13(17)8-9-14(18)19-15/h4-9,11H,1-3H3. The van der Waals surface area contributed by atoms with Crippen LogP contribution in [0.4, 0.5) is 0 Å². The van der Waals surface area contributed by atoms with E-state index in [2.05, 4.69) is 4.98 Å². The van der Waals surface area contributed by atoms with E-state index in [0.29, 0.717) is 5.02 Å². The Balaban J connectivity index is 2.26. The van der Waals surface area contributed by atoms with Crippen LogP contribution in [0, 0.1) is 6.92 Å². The molecule has 1 atom stereocenters. The summed E-state index contributed by atoms with van der Waals surface area (Å²) in [5, 5.41) is 0.548. The van der Waals surface area contributed by atoms with Gasteiger partial charge in [0.25, 0.3) is 5.91 Å². The molecule has 0 N–H and O–H groups in total. The highest BCUT2D eigenvalue weighted by Crippen LogP contribution is 2.24. The molecule has 1 amide bonds. The molecule has 0 aliphatic rings. The van der Waals surface area contributed by atoms with Gasteiger partial charge in [0.05, 0.1) is 11.1 Å². The van der Waals surface area contributed by atoms with Crippen molar-refractivity contribution in [3.05, 3.63) is 63.4 Å². The van der Waals surface area contributed by atoms with Gasteiger partial charge in [0.1, 0.15) is 10.8 Å². The van der Waals surface area contributed by atoms with E-state index in [1.807, 2.05) is 38.1 Å². The Morgan fingerprint density at radius 2 is 1.76 bits per heavy atom. The van der Waals surface area contributed by atoms with Crippen LogP contribution in [-0.4, -0.2) is 22.8 Å². The largest absolute Gasteiger partial charge is 0.334 e. The maximum absolute atomic E-state index is 12.5. The van der Waals surface area contributed by atoms with E-state index in [-0.39, 0.29) is 22.8 Å². The van der Waals surface area contributed by atoms with Gasteiger partial charge in [0, 0.05) is 7.05 Å². The van der Waals surface area contributed by atoms with Crippen molar-refractivity contribution < 1.29 is 4.79 Å². The first-order valence-corrected chi connectivity index (χ1v) is 7.31. The molecule has 2 rings (SSSR count). The SMILES string of the molecule is Cc1ccc(C(C)N(C)C(=O)c2nc(Cl)ccc2Cl)cc1. The fourth-order valence-electron chi connectivity index (χ4n) is 1.98. The predicted octanol–water partition coefficient (Wildman–Crippen LogP) is 4.53. The van der Waals surface area contributed by atoms with Crippen LogP contribution in [0.15, 0.2) is 36.4 Å². The van der Waals surface area contributed by atoms with Gasteiger partial charge in [-0.3, -0.25) is 4.79 Å². The van der Waals surface area contributed by atoms with Crippen LogP contribution in [-0.2, 0) is 0 Å². The summed E-state index contributed by atoms with van der Waals surface area (Å²) in [4.78, 5) is 18.2. The topological polar surface area (TPSA) is 33.2 Å². The number of hydrogen-bond acceptors (Lipinski definition) is 2. The van der Waals surface area contributed by atoms with Crippen LogP contribution in [0.5, 0.6) is 0 Å². The fraction of sp³-hybridized carbons (Fsp3) is 0.250. The fourth-order valence-corrected chi connectivity index (χ4v) is 2.31. The van der Waals surface area contributed by atoms with E-state index >= 15 is 0 Å². The first kappa shape index (κ1) is 15.8. The van der Waals surface area contributed by atoms with Gasteiger partial charge in [0.15, 0.2) is 0 Å². The summed E-state index contributed by atoms with van der Waals surface area (Å²) in [5.41, 5.74) is 2.40. The second-order valence-corrected chi connectivity index (χ2v) is 5.76. The van der Waals surface area contributed by atoms with Gasteiger partial charge in [-0.1, -0.05) is 53.0 Å². The molecule has 21 heavy (non-hydrogen) atoms. The number of rotatable bonds is 3. The van der Waals surface area contributed by atoms with E-state index in [9.17, 15) is 4.79 Å². The molecule has 2 aromatic rings. The van der Waals surface area contributed by atoms with Gasteiger partial charge >= 0.3 is 0 Å². The van der Waals surface area contributed by atoms with Gasteiger partial charge in [-0.2, -0.15) is 0 Å². The lowest BCUT2D eigenvalue weighted by atomic mass is 10.1. The highest BCUT2D eigenvalue weighted by atomic mass is 35.5. The Kier molecular flexibility index (Phi) is 4.86. The molecule has 5 heteroatoms. The van der Waals surface area contributed by atoms with Crippen LogP contribution in [0.2, 0.25) is 10.2 Å². The van der Waals surface area contributed by atoms with E-state index in [1.54, 1.807) is 24.1 Å². The summed E-state index contributed by atoms with van der Waals surface area (Å²) in [6.07, 6.45) is 0. The zero-order valence-electron chi connectivity index (χ0n) is 12.1. The molecule has 1 heterocycles. The molecular formula is C16H16Cl2N2O. The molecule has 0 aliphatic heterocycles. The summed E-state index contributed by atoms with van der Waals surface area (Å²) in [6, 6.07) is 11.1. The molecule has 0 spiro atoms. The Morgan fingerprint density at radius 3 is 2.38 bits per heavy atom. The van der Waals surface area contributed by atoms with Crippen molar-refractivity contribution in [1.29, 1.82) is 0 Å². The summed E-state index contributed by atoms with van der Waals surface area (Å²) in [7, 11) is 1.73. The van der Waals surface area contributed by atoms with Crippen molar-refractivity contribution in [3.8, 4) is 0 Å². The Labute approximate surface area is 134 Å². The molecule has 0 radical (unpaired) electrons. The van der Waals surface area contributed by atoms with E-state index in [4.69, 9.17) is 23.2 Å². The minimum atomic E-state index is -0.254. The highest BCUT2D eigenvalue weighted by molar-refractivity contribution is 6.34. The third-order valence-corrected chi connectivity index (χ3v) is 3.99. The van der Waals surface area contributed by atoms with Crippen LogP contribution >= 0.6 is 23.2 Å². The monoisotopic (exact) mass is 322 g/mol. The highest BCUT2D eigenvalue weighted by Gasteiger charge is 2.22. The number of aryl methyl sites for hydroxylation is 1. The van der Waals surface area contributed by atoms with Crippen molar-refractivity contribution in [2.75, 3.05) is 7.05 Å². The Hall–Kier alpha value is -1.58. The minimum absolute atomic E-state index is 0.0880. The minimum Gasteiger partial charge on any atom is -0.334 e. The zero-order valence-corrected chi connectivity index (χ0v) is 13.6. The number of pyridine rings is 1. The number of nitrogens with zero attached hydrogens (tertiary/aromatic N) is 2. The number of carbonyl (C=O) groups is 1. The maximum Gasteiger partial charge on any atom is 0.274 e. The second-order valence-electron chi connectivity index (χ2n) is 4.97. The van der Waals surface area contributed by atoms with E-state index in [1.165, 1.54) is 5.56 Å². The predicted molar refractivity (Wildman–Crippen MR) is 85.9 cm³/mol. The summed E-state index contributed by atoms with van der Waals surface area (Å²) in [5.74, 6) is -0.254. The maximum atomic E-state index is 12.5. The van der Waals surface area contributed by atoms with Crippen molar-refractivity contribution >= 4 is 29.1 Å². The van der Waals surface area contributed by atoms with Crippen molar-refractivity contribution in [3.63, 3.8) is 0 Å². The van der Waals surface area contributed by atoms with Gasteiger partial charge in [-0.25, -0.2) is 4.98 Å². The molecule has 0 aliphatic carbocycles. The molecule has 0 fully saturated rings. The molecule has 0 bridgehead atoms. The van der Waals surface area contributed by atoms with Crippen molar-refractivity contribution in [1.82, 2.24) is 9.88 Å². The summed E-state index contributed by atoms with van der Waals surface area (Å²) >= 11 is 11.9. The molecule has 0 saturated heterocycles. The third-order valence-electron chi connectivity index (χ3n) is 3.48. The number of hydrogen-bond donors (Lipinski definition) is 0. The molecule has 3 nitrogen and oxygen atoms in total. The van der Waals surface area contributed by atoms with Gasteiger partial charge < -0.3 is 4.90 Å². The average molecular weight is 323 g/mol. The lowest BCUT2D eigenvalue weighted by molar-refractivity contribution is 0.0737.